The summed E-state index contributed by atoms with van der Waals surface area (Å²) in [6.07, 6.45) is 4.49. The lowest BCUT2D eigenvalue weighted by Gasteiger charge is -2.43. The Morgan fingerprint density at radius 2 is 2.25 bits per heavy atom. The molecule has 1 saturated heterocycles. The molecule has 4 heteroatoms. The Morgan fingerprint density at radius 1 is 1.45 bits per heavy atom. The molecule has 0 bridgehead atoms. The van der Waals surface area contributed by atoms with E-state index in [9.17, 15) is 5.26 Å². The summed E-state index contributed by atoms with van der Waals surface area (Å²) in [5.74, 6) is 0.492. The van der Waals surface area contributed by atoms with E-state index < -0.39 is 0 Å². The van der Waals surface area contributed by atoms with E-state index in [0.29, 0.717) is 5.92 Å². The number of hydrogen-bond donors (Lipinski definition) is 1. The highest BCUT2D eigenvalue weighted by atomic mass is 16.5. The monoisotopic (exact) mass is 279 g/mol. The molecule has 0 aromatic carbocycles. The number of rotatable bonds is 5. The van der Waals surface area contributed by atoms with Crippen LogP contribution in [0.5, 0.6) is 0 Å². The number of morpholine rings is 1. The first-order chi connectivity index (χ1) is 9.54. The van der Waals surface area contributed by atoms with E-state index in [1.807, 2.05) is 0 Å². The van der Waals surface area contributed by atoms with Gasteiger partial charge in [0.2, 0.25) is 0 Å². The van der Waals surface area contributed by atoms with Gasteiger partial charge in [0, 0.05) is 12.1 Å². The van der Waals surface area contributed by atoms with Crippen LogP contribution in [0.2, 0.25) is 0 Å². The molecule has 1 saturated carbocycles. The third-order valence-corrected chi connectivity index (χ3v) is 5.08. The van der Waals surface area contributed by atoms with Crippen LogP contribution in [-0.2, 0) is 4.74 Å². The van der Waals surface area contributed by atoms with Gasteiger partial charge in [-0.2, -0.15) is 5.26 Å². The van der Waals surface area contributed by atoms with Gasteiger partial charge < -0.3 is 4.74 Å². The second-order valence-electron chi connectivity index (χ2n) is 6.84. The van der Waals surface area contributed by atoms with Crippen molar-refractivity contribution >= 4 is 0 Å². The summed E-state index contributed by atoms with van der Waals surface area (Å²) in [5, 5.41) is 13.1. The van der Waals surface area contributed by atoms with Gasteiger partial charge in [0.05, 0.1) is 19.3 Å². The van der Waals surface area contributed by atoms with Crippen molar-refractivity contribution in [2.75, 3.05) is 32.8 Å². The molecule has 0 spiro atoms. The fourth-order valence-electron chi connectivity index (χ4n) is 3.82. The van der Waals surface area contributed by atoms with Crippen LogP contribution >= 0.6 is 0 Å². The Balaban J connectivity index is 1.94. The number of ether oxygens (including phenoxy) is 1. The van der Waals surface area contributed by atoms with E-state index in [4.69, 9.17) is 4.74 Å². The van der Waals surface area contributed by atoms with Gasteiger partial charge in [-0.1, -0.05) is 13.3 Å². The maximum Gasteiger partial charge on any atom is 0.109 e. The van der Waals surface area contributed by atoms with E-state index in [1.54, 1.807) is 0 Å². The molecule has 1 heterocycles. The Kier molecular flexibility index (Phi) is 5.06. The molecule has 0 radical (unpaired) electrons. The van der Waals surface area contributed by atoms with E-state index in [-0.39, 0.29) is 11.1 Å². The molecule has 20 heavy (non-hydrogen) atoms. The summed E-state index contributed by atoms with van der Waals surface area (Å²) >= 11 is 0. The van der Waals surface area contributed by atoms with Gasteiger partial charge in [0.1, 0.15) is 5.54 Å². The SMILES string of the molecule is CCNC1(C#N)CCCC1CCN1CCOCC1(C)C. The Labute approximate surface area is 123 Å². The van der Waals surface area contributed by atoms with Crippen molar-refractivity contribution in [3.8, 4) is 6.07 Å². The largest absolute Gasteiger partial charge is 0.378 e. The van der Waals surface area contributed by atoms with E-state index >= 15 is 0 Å². The minimum Gasteiger partial charge on any atom is -0.378 e. The lowest BCUT2D eigenvalue weighted by atomic mass is 9.85. The normalized spacial score (nSPS) is 34.0. The van der Waals surface area contributed by atoms with Gasteiger partial charge in [0.15, 0.2) is 0 Å². The number of nitriles is 1. The summed E-state index contributed by atoms with van der Waals surface area (Å²) in [5.41, 5.74) is -0.143. The van der Waals surface area contributed by atoms with Crippen molar-refractivity contribution in [1.29, 1.82) is 5.26 Å². The van der Waals surface area contributed by atoms with Crippen LogP contribution in [0.25, 0.3) is 0 Å². The second kappa shape index (κ2) is 6.43. The minimum atomic E-state index is -0.273. The predicted molar refractivity (Wildman–Crippen MR) is 80.4 cm³/mol. The van der Waals surface area contributed by atoms with Gasteiger partial charge in [-0.15, -0.1) is 0 Å². The average molecular weight is 279 g/mol. The zero-order chi connectivity index (χ0) is 14.6. The highest BCUT2D eigenvalue weighted by Gasteiger charge is 2.43. The topological polar surface area (TPSA) is 48.3 Å². The van der Waals surface area contributed by atoms with Crippen LogP contribution in [-0.4, -0.2) is 48.8 Å². The molecule has 0 aromatic rings. The zero-order valence-corrected chi connectivity index (χ0v) is 13.2. The van der Waals surface area contributed by atoms with Crippen molar-refractivity contribution in [2.24, 2.45) is 5.92 Å². The molecule has 114 valence electrons. The van der Waals surface area contributed by atoms with Gasteiger partial charge in [-0.05, 0) is 52.1 Å². The smallest absolute Gasteiger partial charge is 0.109 e. The van der Waals surface area contributed by atoms with E-state index in [0.717, 1.165) is 45.7 Å². The number of hydrogen-bond acceptors (Lipinski definition) is 4. The second-order valence-corrected chi connectivity index (χ2v) is 6.84. The maximum absolute atomic E-state index is 9.61. The average Bonchev–Trinajstić information content (AvgIpc) is 2.81. The third-order valence-electron chi connectivity index (χ3n) is 5.08. The van der Waals surface area contributed by atoms with Crippen LogP contribution in [0, 0.1) is 17.2 Å². The third kappa shape index (κ3) is 3.16. The molecule has 0 amide bonds. The highest BCUT2D eigenvalue weighted by molar-refractivity contribution is 5.14. The molecule has 1 N–H and O–H groups in total. The summed E-state index contributed by atoms with van der Waals surface area (Å²) in [4.78, 5) is 2.53. The lowest BCUT2D eigenvalue weighted by molar-refractivity contribution is -0.0533. The molecule has 1 aliphatic heterocycles. The summed E-state index contributed by atoms with van der Waals surface area (Å²) in [6, 6.07) is 2.58. The van der Waals surface area contributed by atoms with Crippen molar-refractivity contribution in [1.82, 2.24) is 10.2 Å². The molecule has 4 nitrogen and oxygen atoms in total. The molecule has 2 aliphatic rings. The first-order valence-electron chi connectivity index (χ1n) is 8.03. The van der Waals surface area contributed by atoms with E-state index in [1.165, 1.54) is 12.8 Å². The zero-order valence-electron chi connectivity index (χ0n) is 13.2. The van der Waals surface area contributed by atoms with Crippen molar-refractivity contribution in [2.45, 2.75) is 57.5 Å². The van der Waals surface area contributed by atoms with Crippen LogP contribution in [0.4, 0.5) is 0 Å². The van der Waals surface area contributed by atoms with Gasteiger partial charge >= 0.3 is 0 Å². The molecule has 2 fully saturated rings. The van der Waals surface area contributed by atoms with Crippen LogP contribution < -0.4 is 5.32 Å². The predicted octanol–water partition coefficient (Wildman–Crippen LogP) is 2.16. The minimum absolute atomic E-state index is 0.129. The van der Waals surface area contributed by atoms with Crippen molar-refractivity contribution in [3.05, 3.63) is 0 Å². The fourth-order valence-corrected chi connectivity index (χ4v) is 3.82. The summed E-state index contributed by atoms with van der Waals surface area (Å²) in [6.45, 7) is 11.2. The molecular formula is C16H29N3O. The summed E-state index contributed by atoms with van der Waals surface area (Å²) < 4.78 is 5.58. The Hall–Kier alpha value is -0.630. The molecule has 1 aliphatic carbocycles. The highest BCUT2D eigenvalue weighted by Crippen LogP contribution is 2.38. The molecular weight excluding hydrogens is 250 g/mol. The van der Waals surface area contributed by atoms with Crippen molar-refractivity contribution < 1.29 is 4.74 Å². The lowest BCUT2D eigenvalue weighted by Crippen LogP contribution is -2.54. The standard InChI is InChI=1S/C16H29N3O/c1-4-18-16(12-17)8-5-6-14(16)7-9-19-10-11-20-13-15(19,2)3/h14,18H,4-11,13H2,1-3H3. The van der Waals surface area contributed by atoms with Crippen LogP contribution in [0.3, 0.4) is 0 Å². The first kappa shape index (κ1) is 15.8. The van der Waals surface area contributed by atoms with Crippen LogP contribution in [0.15, 0.2) is 0 Å². The Bertz CT molecular complexity index is 363. The van der Waals surface area contributed by atoms with E-state index in [2.05, 4.69) is 37.1 Å². The molecule has 2 unspecified atom stereocenters. The molecule has 2 atom stereocenters. The maximum atomic E-state index is 9.61. The number of nitrogens with one attached hydrogen (secondary N) is 1. The van der Waals surface area contributed by atoms with Crippen molar-refractivity contribution in [3.63, 3.8) is 0 Å². The fraction of sp³-hybridized carbons (Fsp3) is 0.938. The van der Waals surface area contributed by atoms with Gasteiger partial charge in [0.25, 0.3) is 0 Å². The number of nitrogens with zero attached hydrogens (tertiary/aromatic N) is 2. The van der Waals surface area contributed by atoms with Gasteiger partial charge in [-0.3, -0.25) is 10.2 Å². The van der Waals surface area contributed by atoms with Gasteiger partial charge in [-0.25, -0.2) is 0 Å². The first-order valence-corrected chi connectivity index (χ1v) is 8.03. The quantitative estimate of drug-likeness (QED) is 0.838. The Morgan fingerprint density at radius 3 is 2.90 bits per heavy atom. The molecule has 0 aromatic heterocycles. The summed E-state index contributed by atoms with van der Waals surface area (Å²) in [7, 11) is 0. The molecule has 2 rings (SSSR count). The van der Waals surface area contributed by atoms with Crippen LogP contribution in [0.1, 0.15) is 46.5 Å².